The van der Waals surface area contributed by atoms with Gasteiger partial charge < -0.3 is 30.7 Å². The van der Waals surface area contributed by atoms with Crippen LogP contribution < -0.4 is 20.5 Å². The van der Waals surface area contributed by atoms with Crippen LogP contribution in [0.4, 0.5) is 8.78 Å². The Morgan fingerprint density at radius 3 is 2.59 bits per heavy atom. The Hall–Kier alpha value is -3.24. The van der Waals surface area contributed by atoms with Crippen molar-refractivity contribution < 1.29 is 33.3 Å². The van der Waals surface area contributed by atoms with Gasteiger partial charge in [0.1, 0.15) is 18.2 Å². The molecule has 3 aromatic rings. The molecule has 4 atom stereocenters. The van der Waals surface area contributed by atoms with Gasteiger partial charge in [-0.3, -0.25) is 4.79 Å². The molecule has 5 rings (SSSR count). The molecule has 1 saturated heterocycles. The Labute approximate surface area is 229 Å². The van der Waals surface area contributed by atoms with Crippen LogP contribution in [0, 0.1) is 11.6 Å². The highest BCUT2D eigenvalue weighted by molar-refractivity contribution is 6.34. The van der Waals surface area contributed by atoms with Crippen molar-refractivity contribution in [2.45, 2.75) is 50.0 Å². The first-order valence-corrected chi connectivity index (χ1v) is 13.0. The molecule has 0 bridgehead atoms. The van der Waals surface area contributed by atoms with E-state index in [1.807, 2.05) is 30.3 Å². The van der Waals surface area contributed by atoms with Gasteiger partial charge in [-0.15, -0.1) is 0 Å². The number of primary amides is 1. The van der Waals surface area contributed by atoms with E-state index in [0.29, 0.717) is 18.5 Å². The molecule has 206 valence electrons. The van der Waals surface area contributed by atoms with E-state index >= 15 is 8.78 Å². The van der Waals surface area contributed by atoms with Crippen molar-refractivity contribution in [2.75, 3.05) is 13.2 Å². The quantitative estimate of drug-likeness (QED) is 0.347. The number of halogens is 3. The summed E-state index contributed by atoms with van der Waals surface area (Å²) in [5.74, 6) is -2.91. The minimum absolute atomic E-state index is 0.0666. The normalized spacial score (nSPS) is 24.7. The van der Waals surface area contributed by atoms with Gasteiger partial charge in [-0.2, -0.15) is 0 Å². The van der Waals surface area contributed by atoms with Gasteiger partial charge in [-0.05, 0) is 38.0 Å². The van der Waals surface area contributed by atoms with Gasteiger partial charge in [0.2, 0.25) is 5.91 Å². The first kappa shape index (κ1) is 27.3. The average molecular weight is 559 g/mol. The highest BCUT2D eigenvalue weighted by atomic mass is 35.5. The van der Waals surface area contributed by atoms with Crippen LogP contribution in [-0.2, 0) is 12.0 Å². The molecular formula is C29H29ClF2N2O5. The van der Waals surface area contributed by atoms with E-state index < -0.39 is 45.9 Å². The molecule has 0 radical (unpaired) electrons. The van der Waals surface area contributed by atoms with Crippen LogP contribution in [-0.4, -0.2) is 47.0 Å². The van der Waals surface area contributed by atoms with Crippen molar-refractivity contribution in [3.63, 3.8) is 0 Å². The second-order valence-corrected chi connectivity index (χ2v) is 10.9. The van der Waals surface area contributed by atoms with Gasteiger partial charge in [0, 0.05) is 35.7 Å². The van der Waals surface area contributed by atoms with Crippen molar-refractivity contribution in [3.05, 3.63) is 81.9 Å². The van der Waals surface area contributed by atoms with Gasteiger partial charge in [0.25, 0.3) is 0 Å². The Kier molecular flexibility index (Phi) is 7.05. The standard InChI is InChI=1S/C29H29ClF2N2O5/c1-15(35)13-38-20-9-8-17(27(33)36)24(26(20)32)23-18-11-29(16-6-4-3-5-7-16,22-12-28(2,37)14-34-22)39-21(18)10-19(31)25(23)30/h3-10,15,22,34-35,37H,11-14H2,1-2H3,(H2,33,36)/t15-,22?,28?,29-/m0/s1. The predicted molar refractivity (Wildman–Crippen MR) is 142 cm³/mol. The number of fused-ring (bicyclic) bond motifs is 1. The summed E-state index contributed by atoms with van der Waals surface area (Å²) in [6, 6.07) is 12.6. The Morgan fingerprint density at radius 2 is 1.97 bits per heavy atom. The highest BCUT2D eigenvalue weighted by Gasteiger charge is 2.53. The minimum Gasteiger partial charge on any atom is -0.488 e. The Bertz CT molecular complexity index is 1430. The topological polar surface area (TPSA) is 114 Å². The third-order valence-corrected chi connectivity index (χ3v) is 7.69. The summed E-state index contributed by atoms with van der Waals surface area (Å²) in [7, 11) is 0. The maximum Gasteiger partial charge on any atom is 0.249 e. The zero-order valence-corrected chi connectivity index (χ0v) is 22.2. The lowest BCUT2D eigenvalue weighted by Gasteiger charge is -2.36. The molecule has 7 nitrogen and oxygen atoms in total. The SMILES string of the molecule is C[C@H](O)COc1ccc(C(N)=O)c(-c2c(Cl)c(F)cc3c2C[C@](c2ccccc2)(C2CC(C)(O)CN2)O3)c1F. The Balaban J connectivity index is 1.72. The van der Waals surface area contributed by atoms with E-state index in [2.05, 4.69) is 5.32 Å². The van der Waals surface area contributed by atoms with Crippen molar-refractivity contribution in [2.24, 2.45) is 5.73 Å². The predicted octanol–water partition coefficient (Wildman–Crippen LogP) is 4.09. The number of benzene rings is 3. The fourth-order valence-electron chi connectivity index (χ4n) is 5.52. The van der Waals surface area contributed by atoms with Crippen LogP contribution in [0.25, 0.3) is 11.1 Å². The summed E-state index contributed by atoms with van der Waals surface area (Å²) in [5.41, 5.74) is 4.06. The maximum atomic E-state index is 16.0. The summed E-state index contributed by atoms with van der Waals surface area (Å²) < 4.78 is 43.3. The first-order valence-electron chi connectivity index (χ1n) is 12.6. The van der Waals surface area contributed by atoms with Crippen LogP contribution >= 0.6 is 11.6 Å². The third-order valence-electron chi connectivity index (χ3n) is 7.32. The monoisotopic (exact) mass is 558 g/mol. The van der Waals surface area contributed by atoms with E-state index in [1.165, 1.54) is 19.1 Å². The average Bonchev–Trinajstić information content (AvgIpc) is 3.45. The third kappa shape index (κ3) is 4.84. The molecule has 0 aromatic heterocycles. The van der Waals surface area contributed by atoms with Crippen LogP contribution in [0.3, 0.4) is 0 Å². The lowest BCUT2D eigenvalue weighted by molar-refractivity contribution is 0.0319. The second kappa shape index (κ2) is 10.1. The molecule has 5 N–H and O–H groups in total. The minimum atomic E-state index is -1.10. The fourth-order valence-corrected chi connectivity index (χ4v) is 5.79. The number of aliphatic hydroxyl groups is 2. The molecule has 10 heteroatoms. The van der Waals surface area contributed by atoms with Gasteiger partial charge in [-0.25, -0.2) is 8.78 Å². The van der Waals surface area contributed by atoms with Crippen LogP contribution in [0.1, 0.15) is 41.8 Å². The number of hydrogen-bond donors (Lipinski definition) is 4. The maximum absolute atomic E-state index is 16.0. The summed E-state index contributed by atoms with van der Waals surface area (Å²) in [6.07, 6.45) is -0.418. The molecule has 39 heavy (non-hydrogen) atoms. The molecule has 0 aliphatic carbocycles. The first-order chi connectivity index (χ1) is 18.4. The number of hydrogen-bond acceptors (Lipinski definition) is 6. The Morgan fingerprint density at radius 1 is 1.26 bits per heavy atom. The van der Waals surface area contributed by atoms with E-state index in [-0.39, 0.29) is 41.2 Å². The smallest absolute Gasteiger partial charge is 0.249 e. The molecule has 1 fully saturated rings. The van der Waals surface area contributed by atoms with Gasteiger partial charge in [0.05, 0.1) is 28.3 Å². The zero-order valence-electron chi connectivity index (χ0n) is 21.4. The number of carbonyl (C=O) groups excluding carboxylic acids is 1. The summed E-state index contributed by atoms with van der Waals surface area (Å²) >= 11 is 6.50. The van der Waals surface area contributed by atoms with Crippen molar-refractivity contribution in [1.29, 1.82) is 0 Å². The zero-order chi connectivity index (χ0) is 28.1. The van der Waals surface area contributed by atoms with Crippen LogP contribution in [0.15, 0.2) is 48.5 Å². The van der Waals surface area contributed by atoms with Crippen molar-refractivity contribution in [1.82, 2.24) is 5.32 Å². The summed E-state index contributed by atoms with van der Waals surface area (Å²) in [5, 5.41) is 23.3. The summed E-state index contributed by atoms with van der Waals surface area (Å²) in [4.78, 5) is 12.4. The fraction of sp³-hybridized carbons (Fsp3) is 0.345. The van der Waals surface area contributed by atoms with Crippen molar-refractivity contribution in [3.8, 4) is 22.6 Å². The number of nitrogens with one attached hydrogen (secondary N) is 1. The van der Waals surface area contributed by atoms with Crippen molar-refractivity contribution >= 4 is 17.5 Å². The number of carbonyl (C=O) groups is 1. The lowest BCUT2D eigenvalue weighted by atomic mass is 9.79. The van der Waals surface area contributed by atoms with E-state index in [1.54, 1.807) is 6.92 Å². The molecule has 3 aromatic carbocycles. The van der Waals surface area contributed by atoms with E-state index in [0.717, 1.165) is 11.6 Å². The number of amides is 1. The molecular weight excluding hydrogens is 530 g/mol. The van der Waals surface area contributed by atoms with E-state index in [9.17, 15) is 15.0 Å². The number of nitrogens with two attached hydrogens (primary N) is 1. The van der Waals surface area contributed by atoms with E-state index in [4.69, 9.17) is 26.8 Å². The number of rotatable bonds is 7. The van der Waals surface area contributed by atoms with Gasteiger partial charge in [-0.1, -0.05) is 41.9 Å². The summed E-state index contributed by atoms with van der Waals surface area (Å²) in [6.45, 7) is 3.30. The molecule has 1 amide bonds. The molecule has 2 aliphatic heterocycles. The number of aliphatic hydroxyl groups excluding tert-OH is 1. The molecule has 0 saturated carbocycles. The molecule has 2 unspecified atom stereocenters. The highest BCUT2D eigenvalue weighted by Crippen LogP contribution is 2.53. The van der Waals surface area contributed by atoms with Crippen LogP contribution in [0.2, 0.25) is 5.02 Å². The molecule has 0 spiro atoms. The molecule has 2 aliphatic rings. The molecule has 2 heterocycles. The largest absolute Gasteiger partial charge is 0.488 e. The van der Waals surface area contributed by atoms with Gasteiger partial charge in [0.15, 0.2) is 17.2 Å². The number of β-amino-alcohol motifs (C(OH)–C–C–N with tert-alkyl or cyclic N) is 1. The number of ether oxygens (including phenoxy) is 2. The lowest BCUT2D eigenvalue weighted by Crippen LogP contribution is -2.49. The van der Waals surface area contributed by atoms with Crippen LogP contribution in [0.5, 0.6) is 11.5 Å². The second-order valence-electron chi connectivity index (χ2n) is 10.5. The van der Waals surface area contributed by atoms with Gasteiger partial charge >= 0.3 is 0 Å².